The van der Waals surface area contributed by atoms with Crippen molar-refractivity contribution in [3.63, 3.8) is 0 Å². The van der Waals surface area contributed by atoms with Crippen LogP contribution in [0.4, 0.5) is 0 Å². The molecule has 8 nitrogen and oxygen atoms in total. The Balaban J connectivity index is 1.36. The summed E-state index contributed by atoms with van der Waals surface area (Å²) in [5.74, 6) is 1.88. The highest BCUT2D eigenvalue weighted by Crippen LogP contribution is 2.50. The molecular formula is C26H32N2O6. The van der Waals surface area contributed by atoms with Crippen LogP contribution in [0.15, 0.2) is 30.3 Å². The van der Waals surface area contributed by atoms with E-state index in [1.165, 1.54) is 0 Å². The third kappa shape index (κ3) is 4.77. The minimum absolute atomic E-state index is 0.0519. The summed E-state index contributed by atoms with van der Waals surface area (Å²) in [5, 5.41) is 0. The molecule has 182 valence electrons. The topological polar surface area (TPSA) is 69.7 Å². The molecule has 0 bridgehead atoms. The lowest BCUT2D eigenvalue weighted by Gasteiger charge is -2.26. The second-order valence-corrected chi connectivity index (χ2v) is 8.63. The van der Waals surface area contributed by atoms with Crippen molar-refractivity contribution in [1.29, 1.82) is 0 Å². The maximum Gasteiger partial charge on any atom is 0.198 e. The second-order valence-electron chi connectivity index (χ2n) is 8.63. The molecule has 2 fully saturated rings. The lowest BCUT2D eigenvalue weighted by atomic mass is 10.0. The van der Waals surface area contributed by atoms with Crippen molar-refractivity contribution in [2.75, 3.05) is 86.0 Å². The summed E-state index contributed by atoms with van der Waals surface area (Å²) in [6.07, 6.45) is 0. The lowest BCUT2D eigenvalue weighted by Crippen LogP contribution is -2.38. The molecule has 1 aliphatic carbocycles. The largest absolute Gasteiger partial charge is 0.496 e. The Morgan fingerprint density at radius 3 is 1.88 bits per heavy atom. The average molecular weight is 469 g/mol. The number of rotatable bonds is 9. The Labute approximate surface area is 200 Å². The van der Waals surface area contributed by atoms with E-state index in [4.69, 9.17) is 23.7 Å². The molecule has 0 radical (unpaired) electrons. The number of ether oxygens (including phenoxy) is 5. The van der Waals surface area contributed by atoms with Gasteiger partial charge in [0.1, 0.15) is 30.5 Å². The van der Waals surface area contributed by atoms with E-state index >= 15 is 0 Å². The van der Waals surface area contributed by atoms with Crippen molar-refractivity contribution >= 4 is 5.78 Å². The number of carbonyl (C=O) groups excluding carboxylic acids is 1. The molecule has 0 N–H and O–H groups in total. The molecule has 34 heavy (non-hydrogen) atoms. The second kappa shape index (κ2) is 10.7. The Morgan fingerprint density at radius 2 is 1.29 bits per heavy atom. The van der Waals surface area contributed by atoms with E-state index in [9.17, 15) is 4.79 Å². The fourth-order valence-electron chi connectivity index (χ4n) is 4.78. The van der Waals surface area contributed by atoms with Crippen LogP contribution in [-0.2, 0) is 9.47 Å². The molecule has 0 amide bonds. The van der Waals surface area contributed by atoms with Crippen molar-refractivity contribution in [3.8, 4) is 28.4 Å². The van der Waals surface area contributed by atoms with E-state index in [-0.39, 0.29) is 5.78 Å². The highest BCUT2D eigenvalue weighted by Gasteiger charge is 2.35. The van der Waals surface area contributed by atoms with E-state index in [2.05, 4.69) is 9.80 Å². The fraction of sp³-hybridized carbons (Fsp3) is 0.500. The van der Waals surface area contributed by atoms with Gasteiger partial charge in [0.2, 0.25) is 0 Å². The van der Waals surface area contributed by atoms with Crippen LogP contribution in [0.3, 0.4) is 0 Å². The molecule has 0 saturated carbocycles. The Morgan fingerprint density at radius 1 is 0.735 bits per heavy atom. The van der Waals surface area contributed by atoms with E-state index < -0.39 is 0 Å². The van der Waals surface area contributed by atoms with Crippen molar-refractivity contribution in [2.45, 2.75) is 0 Å². The van der Waals surface area contributed by atoms with Gasteiger partial charge in [-0.3, -0.25) is 14.6 Å². The molecule has 0 aromatic heterocycles. The van der Waals surface area contributed by atoms with Gasteiger partial charge in [0.05, 0.1) is 39.1 Å². The zero-order valence-electron chi connectivity index (χ0n) is 19.7. The zero-order valence-corrected chi connectivity index (χ0v) is 19.7. The average Bonchev–Trinajstić information content (AvgIpc) is 3.19. The molecule has 0 unspecified atom stereocenters. The summed E-state index contributed by atoms with van der Waals surface area (Å²) in [6.45, 7) is 9.30. The molecule has 2 aromatic rings. The van der Waals surface area contributed by atoms with E-state index in [0.29, 0.717) is 41.6 Å². The minimum atomic E-state index is -0.0519. The van der Waals surface area contributed by atoms with Crippen molar-refractivity contribution in [1.82, 2.24) is 9.80 Å². The van der Waals surface area contributed by atoms with Crippen LogP contribution in [0.2, 0.25) is 0 Å². The summed E-state index contributed by atoms with van der Waals surface area (Å²) in [6, 6.07) is 9.35. The lowest BCUT2D eigenvalue weighted by molar-refractivity contribution is 0.0321. The first-order valence-corrected chi connectivity index (χ1v) is 12.0. The molecule has 2 heterocycles. The van der Waals surface area contributed by atoms with Gasteiger partial charge in [-0.2, -0.15) is 0 Å². The highest BCUT2D eigenvalue weighted by atomic mass is 16.5. The van der Waals surface area contributed by atoms with Crippen LogP contribution in [0.25, 0.3) is 11.1 Å². The van der Waals surface area contributed by atoms with Crippen molar-refractivity contribution in [2.24, 2.45) is 0 Å². The van der Waals surface area contributed by atoms with Gasteiger partial charge in [-0.1, -0.05) is 12.1 Å². The van der Waals surface area contributed by atoms with Crippen LogP contribution in [0.5, 0.6) is 17.2 Å². The molecule has 8 heteroatoms. The van der Waals surface area contributed by atoms with E-state index in [1.807, 2.05) is 30.3 Å². The number of nitrogens with zero attached hydrogens (tertiary/aromatic N) is 2. The molecule has 2 aromatic carbocycles. The summed E-state index contributed by atoms with van der Waals surface area (Å²) in [4.78, 5) is 18.1. The van der Waals surface area contributed by atoms with Crippen molar-refractivity contribution < 1.29 is 28.5 Å². The van der Waals surface area contributed by atoms with Crippen LogP contribution in [0, 0.1) is 0 Å². The quantitative estimate of drug-likeness (QED) is 0.474. The number of benzene rings is 2. The molecule has 0 spiro atoms. The molecular weight excluding hydrogens is 436 g/mol. The maximum atomic E-state index is 13.5. The first-order valence-electron chi connectivity index (χ1n) is 12.0. The molecule has 3 aliphatic rings. The number of ketones is 1. The first-order chi connectivity index (χ1) is 16.8. The van der Waals surface area contributed by atoms with Crippen LogP contribution in [0.1, 0.15) is 15.9 Å². The van der Waals surface area contributed by atoms with Gasteiger partial charge in [-0.15, -0.1) is 0 Å². The zero-order chi connectivity index (χ0) is 23.3. The van der Waals surface area contributed by atoms with Gasteiger partial charge < -0.3 is 23.7 Å². The van der Waals surface area contributed by atoms with Gasteiger partial charge in [0.15, 0.2) is 5.78 Å². The van der Waals surface area contributed by atoms with E-state index in [1.54, 1.807) is 7.11 Å². The summed E-state index contributed by atoms with van der Waals surface area (Å²) in [7, 11) is 1.62. The van der Waals surface area contributed by atoms with E-state index in [0.717, 1.165) is 76.8 Å². The smallest absolute Gasteiger partial charge is 0.198 e. The number of hydrogen-bond acceptors (Lipinski definition) is 8. The predicted octanol–water partition coefficient (Wildman–Crippen LogP) is 2.33. The normalized spacial score (nSPS) is 18.4. The van der Waals surface area contributed by atoms with Gasteiger partial charge >= 0.3 is 0 Å². The van der Waals surface area contributed by atoms with Gasteiger partial charge in [0.25, 0.3) is 0 Å². The Hall–Kier alpha value is -2.65. The standard InChI is InChI=1S/C26H32N2O6/c1-30-20-5-6-22(34-18-12-28-9-15-32-16-10-28)25-24(20)23-19(26(25)29)3-2-4-21(23)33-17-11-27-7-13-31-14-8-27/h2-6H,7-18H2,1H3. The van der Waals surface area contributed by atoms with Crippen molar-refractivity contribution in [3.05, 3.63) is 41.5 Å². The number of methoxy groups -OCH3 is 1. The Bertz CT molecular complexity index is 1010. The third-order valence-corrected chi connectivity index (χ3v) is 6.63. The summed E-state index contributed by atoms with van der Waals surface area (Å²) < 4.78 is 28.8. The third-order valence-electron chi connectivity index (χ3n) is 6.63. The SMILES string of the molecule is COc1ccc(OCCN2CCOCC2)c2c1-c1c(OCCN3CCOCC3)cccc1C2=O. The minimum Gasteiger partial charge on any atom is -0.496 e. The van der Waals surface area contributed by atoms with Gasteiger partial charge in [0, 0.05) is 56.0 Å². The predicted molar refractivity (Wildman–Crippen MR) is 127 cm³/mol. The number of hydrogen-bond donors (Lipinski definition) is 0. The first kappa shape index (κ1) is 23.1. The van der Waals surface area contributed by atoms with Gasteiger partial charge in [-0.25, -0.2) is 0 Å². The summed E-state index contributed by atoms with van der Waals surface area (Å²) in [5.41, 5.74) is 2.73. The number of fused-ring (bicyclic) bond motifs is 3. The van der Waals surface area contributed by atoms with Crippen LogP contribution >= 0.6 is 0 Å². The van der Waals surface area contributed by atoms with Crippen LogP contribution < -0.4 is 14.2 Å². The Kier molecular flexibility index (Phi) is 7.30. The fourth-order valence-corrected chi connectivity index (χ4v) is 4.78. The van der Waals surface area contributed by atoms with Gasteiger partial charge in [-0.05, 0) is 18.2 Å². The maximum absolute atomic E-state index is 13.5. The monoisotopic (exact) mass is 468 g/mol. The molecule has 5 rings (SSSR count). The summed E-state index contributed by atoms with van der Waals surface area (Å²) >= 11 is 0. The molecule has 2 aliphatic heterocycles. The highest BCUT2D eigenvalue weighted by molar-refractivity contribution is 6.25. The van der Waals surface area contributed by atoms with Crippen LogP contribution in [-0.4, -0.2) is 102 Å². The molecule has 0 atom stereocenters. The number of carbonyl (C=O) groups is 1. The molecule has 2 saturated heterocycles. The number of morpholine rings is 2.